The van der Waals surface area contributed by atoms with Crippen LogP contribution in [0.15, 0.2) is 18.6 Å². The van der Waals surface area contributed by atoms with Crippen molar-refractivity contribution in [2.24, 2.45) is 0 Å². The molecule has 0 radical (unpaired) electrons. The fourth-order valence-corrected chi connectivity index (χ4v) is 1.72. The number of hydrogen-bond acceptors (Lipinski definition) is 6. The van der Waals surface area contributed by atoms with Crippen LogP contribution in [0.2, 0.25) is 0 Å². The summed E-state index contributed by atoms with van der Waals surface area (Å²) in [5.41, 5.74) is -0.561. The van der Waals surface area contributed by atoms with Crippen LogP contribution in [0.3, 0.4) is 0 Å². The molecule has 1 aromatic rings. The molecule has 24 heavy (non-hydrogen) atoms. The number of carbonyl (C=O) groups is 3. The van der Waals surface area contributed by atoms with Gasteiger partial charge in [-0.1, -0.05) is 0 Å². The summed E-state index contributed by atoms with van der Waals surface area (Å²) in [5.74, 6) is -1.78. The van der Waals surface area contributed by atoms with Crippen molar-refractivity contribution in [2.45, 2.75) is 45.3 Å². The predicted molar refractivity (Wildman–Crippen MR) is 84.4 cm³/mol. The summed E-state index contributed by atoms with van der Waals surface area (Å²) < 4.78 is 5.06. The maximum atomic E-state index is 11.9. The second kappa shape index (κ2) is 8.80. The maximum absolute atomic E-state index is 11.9. The fraction of sp³-hybridized carbons (Fsp3) is 0.533. The van der Waals surface area contributed by atoms with Gasteiger partial charge in [-0.05, 0) is 33.6 Å². The van der Waals surface area contributed by atoms with E-state index in [1.807, 2.05) is 0 Å². The Bertz CT molecular complexity index is 571. The van der Waals surface area contributed by atoms with Crippen LogP contribution in [-0.2, 0) is 9.53 Å². The first kappa shape index (κ1) is 19.3. The number of amides is 2. The van der Waals surface area contributed by atoms with E-state index in [0.717, 1.165) is 0 Å². The second-order valence-electron chi connectivity index (χ2n) is 6.03. The van der Waals surface area contributed by atoms with Crippen molar-refractivity contribution in [3.8, 4) is 0 Å². The van der Waals surface area contributed by atoms with E-state index in [1.54, 1.807) is 20.8 Å². The topological polar surface area (TPSA) is 131 Å². The molecule has 1 unspecified atom stereocenters. The minimum absolute atomic E-state index is 0.0376. The number of alkyl carbamates (subject to hydrolysis) is 1. The van der Waals surface area contributed by atoms with Gasteiger partial charge in [0.05, 0.1) is 6.20 Å². The Hall–Kier alpha value is -2.71. The molecule has 9 heteroatoms. The van der Waals surface area contributed by atoms with Crippen molar-refractivity contribution < 1.29 is 24.2 Å². The molecule has 1 atom stereocenters. The molecule has 0 fully saturated rings. The first-order valence-electron chi connectivity index (χ1n) is 7.45. The molecule has 0 aliphatic heterocycles. The molecule has 0 aromatic carbocycles. The predicted octanol–water partition coefficient (Wildman–Crippen LogP) is 0.964. The molecule has 2 amide bonds. The molecule has 0 aliphatic carbocycles. The molecule has 0 aliphatic rings. The lowest BCUT2D eigenvalue weighted by molar-refractivity contribution is -0.139. The highest BCUT2D eigenvalue weighted by atomic mass is 16.6. The lowest BCUT2D eigenvalue weighted by Gasteiger charge is -2.20. The van der Waals surface area contributed by atoms with E-state index in [9.17, 15) is 14.4 Å². The van der Waals surface area contributed by atoms with Crippen molar-refractivity contribution in [1.29, 1.82) is 0 Å². The third-order valence-electron chi connectivity index (χ3n) is 2.74. The molecule has 3 N–H and O–H groups in total. The van der Waals surface area contributed by atoms with E-state index < -0.39 is 29.6 Å². The zero-order valence-electron chi connectivity index (χ0n) is 13.9. The number of nitrogens with zero attached hydrogens (tertiary/aromatic N) is 2. The first-order chi connectivity index (χ1) is 11.2. The van der Waals surface area contributed by atoms with Gasteiger partial charge in [0.1, 0.15) is 17.3 Å². The number of carboxylic acids is 1. The highest BCUT2D eigenvalue weighted by Crippen LogP contribution is 2.06. The average Bonchev–Trinajstić information content (AvgIpc) is 2.49. The number of rotatable bonds is 7. The van der Waals surface area contributed by atoms with Gasteiger partial charge in [0.2, 0.25) is 0 Å². The summed E-state index contributed by atoms with van der Waals surface area (Å²) in [7, 11) is 0. The SMILES string of the molecule is CC(C)(C)OC(=O)NCCCC(NC(=O)c1cnccn1)C(=O)O. The smallest absolute Gasteiger partial charge is 0.407 e. The molecule has 0 saturated heterocycles. The third kappa shape index (κ3) is 7.52. The fourth-order valence-electron chi connectivity index (χ4n) is 1.72. The van der Waals surface area contributed by atoms with Gasteiger partial charge in [0.25, 0.3) is 5.91 Å². The number of aliphatic carboxylic acids is 1. The van der Waals surface area contributed by atoms with Crippen LogP contribution >= 0.6 is 0 Å². The lowest BCUT2D eigenvalue weighted by atomic mass is 10.1. The standard InChI is InChI=1S/C15H22N4O5/c1-15(2,3)24-14(23)18-6-4-5-10(13(21)22)19-12(20)11-9-16-7-8-17-11/h7-10H,4-6H2,1-3H3,(H,18,23)(H,19,20)(H,21,22). The quantitative estimate of drug-likeness (QED) is 0.631. The van der Waals surface area contributed by atoms with Crippen molar-refractivity contribution in [3.05, 3.63) is 24.3 Å². The van der Waals surface area contributed by atoms with Crippen LogP contribution in [0.1, 0.15) is 44.1 Å². The van der Waals surface area contributed by atoms with Crippen LogP contribution < -0.4 is 10.6 Å². The molecule has 0 bridgehead atoms. The van der Waals surface area contributed by atoms with Gasteiger partial charge in [-0.15, -0.1) is 0 Å². The average molecular weight is 338 g/mol. The van der Waals surface area contributed by atoms with Crippen molar-refractivity contribution in [1.82, 2.24) is 20.6 Å². The molecule has 0 saturated carbocycles. The zero-order valence-corrected chi connectivity index (χ0v) is 13.9. The van der Waals surface area contributed by atoms with Crippen LogP contribution in [0.25, 0.3) is 0 Å². The molecule has 0 spiro atoms. The lowest BCUT2D eigenvalue weighted by Crippen LogP contribution is -2.41. The zero-order chi connectivity index (χ0) is 18.2. The number of aromatic nitrogens is 2. The molecule has 132 valence electrons. The van der Waals surface area contributed by atoms with Gasteiger partial charge in [-0.3, -0.25) is 9.78 Å². The largest absolute Gasteiger partial charge is 0.480 e. The summed E-state index contributed by atoms with van der Waals surface area (Å²) in [5, 5.41) is 14.1. The Balaban J connectivity index is 2.40. The minimum Gasteiger partial charge on any atom is -0.480 e. The van der Waals surface area contributed by atoms with Gasteiger partial charge in [0.15, 0.2) is 0 Å². The van der Waals surface area contributed by atoms with E-state index in [2.05, 4.69) is 20.6 Å². The number of carboxylic acid groups (broad SMARTS) is 1. The van der Waals surface area contributed by atoms with Crippen LogP contribution in [-0.4, -0.2) is 51.2 Å². The van der Waals surface area contributed by atoms with Gasteiger partial charge in [0, 0.05) is 18.9 Å². The molecular formula is C15H22N4O5. The van der Waals surface area contributed by atoms with Crippen LogP contribution in [0.5, 0.6) is 0 Å². The van der Waals surface area contributed by atoms with E-state index in [-0.39, 0.29) is 18.7 Å². The van der Waals surface area contributed by atoms with E-state index >= 15 is 0 Å². The number of hydrogen-bond donors (Lipinski definition) is 3. The number of carbonyl (C=O) groups excluding carboxylic acids is 2. The minimum atomic E-state index is -1.16. The van der Waals surface area contributed by atoms with Crippen LogP contribution in [0.4, 0.5) is 4.79 Å². The third-order valence-corrected chi connectivity index (χ3v) is 2.74. The summed E-state index contributed by atoms with van der Waals surface area (Å²) in [4.78, 5) is 42.1. The van der Waals surface area contributed by atoms with E-state index in [0.29, 0.717) is 6.42 Å². The van der Waals surface area contributed by atoms with Gasteiger partial charge >= 0.3 is 12.1 Å². The monoisotopic (exact) mass is 338 g/mol. The summed E-state index contributed by atoms with van der Waals surface area (Å²) >= 11 is 0. The first-order valence-corrected chi connectivity index (χ1v) is 7.45. The summed E-state index contributed by atoms with van der Waals surface area (Å²) in [6.07, 6.45) is 3.94. The molecule has 1 heterocycles. The van der Waals surface area contributed by atoms with Gasteiger partial charge in [-0.25, -0.2) is 14.6 Å². The summed E-state index contributed by atoms with van der Waals surface area (Å²) in [6, 6.07) is -1.08. The Morgan fingerprint density at radius 3 is 2.54 bits per heavy atom. The highest BCUT2D eigenvalue weighted by molar-refractivity contribution is 5.94. The molecule has 9 nitrogen and oxygen atoms in total. The Labute approximate surface area is 139 Å². The van der Waals surface area contributed by atoms with Crippen molar-refractivity contribution >= 4 is 18.0 Å². The van der Waals surface area contributed by atoms with Gasteiger partial charge in [-0.2, -0.15) is 0 Å². The molecule has 1 aromatic heterocycles. The second-order valence-corrected chi connectivity index (χ2v) is 6.03. The summed E-state index contributed by atoms with van der Waals surface area (Å²) in [6.45, 7) is 5.47. The van der Waals surface area contributed by atoms with E-state index in [4.69, 9.17) is 9.84 Å². The van der Waals surface area contributed by atoms with Crippen LogP contribution in [0, 0.1) is 0 Å². The maximum Gasteiger partial charge on any atom is 0.407 e. The molecule has 1 rings (SSSR count). The Morgan fingerprint density at radius 1 is 1.29 bits per heavy atom. The molecular weight excluding hydrogens is 316 g/mol. The van der Waals surface area contributed by atoms with Crippen molar-refractivity contribution in [2.75, 3.05) is 6.54 Å². The highest BCUT2D eigenvalue weighted by Gasteiger charge is 2.21. The normalized spacial score (nSPS) is 12.1. The Morgan fingerprint density at radius 2 is 2.00 bits per heavy atom. The number of nitrogens with one attached hydrogen (secondary N) is 2. The Kier molecular flexibility index (Phi) is 7.09. The van der Waals surface area contributed by atoms with Gasteiger partial charge < -0.3 is 20.5 Å². The van der Waals surface area contributed by atoms with Crippen molar-refractivity contribution in [3.63, 3.8) is 0 Å². The van der Waals surface area contributed by atoms with E-state index in [1.165, 1.54) is 18.6 Å². The number of ether oxygens (including phenoxy) is 1.